The zero-order chi connectivity index (χ0) is 9.97. The van der Waals surface area contributed by atoms with Crippen molar-refractivity contribution >= 4 is 5.91 Å². The molecule has 1 N–H and O–H groups in total. The van der Waals surface area contributed by atoms with Crippen molar-refractivity contribution in [3.8, 4) is 0 Å². The number of hydrogen-bond acceptors (Lipinski definition) is 3. The molecule has 4 heteroatoms. The van der Waals surface area contributed by atoms with Gasteiger partial charge in [-0.1, -0.05) is 0 Å². The summed E-state index contributed by atoms with van der Waals surface area (Å²) in [6, 6.07) is 1.78. The van der Waals surface area contributed by atoms with E-state index < -0.39 is 0 Å². The van der Waals surface area contributed by atoms with Crippen LogP contribution in [0.15, 0.2) is 16.7 Å². The van der Waals surface area contributed by atoms with E-state index in [0.717, 1.165) is 31.9 Å². The summed E-state index contributed by atoms with van der Waals surface area (Å²) in [5.41, 5.74) is 0.657. The third kappa shape index (κ3) is 1.80. The molecular formula is C10H14N2O2. The van der Waals surface area contributed by atoms with Gasteiger partial charge in [-0.3, -0.25) is 4.79 Å². The minimum absolute atomic E-state index is 0.0725. The number of carbonyl (C=O) groups excluding carboxylic acids is 1. The fourth-order valence-electron chi connectivity index (χ4n) is 1.61. The van der Waals surface area contributed by atoms with E-state index in [0.29, 0.717) is 5.56 Å². The SMILES string of the molecule is Cc1cc(C(=O)N2CCNCC2)co1. The van der Waals surface area contributed by atoms with Crippen LogP contribution in [-0.2, 0) is 0 Å². The molecule has 0 aromatic carbocycles. The van der Waals surface area contributed by atoms with Gasteiger partial charge in [-0.25, -0.2) is 0 Å². The molecule has 76 valence electrons. The van der Waals surface area contributed by atoms with E-state index in [1.165, 1.54) is 6.26 Å². The number of amides is 1. The van der Waals surface area contributed by atoms with Crippen molar-refractivity contribution in [2.24, 2.45) is 0 Å². The third-order valence-corrected chi connectivity index (χ3v) is 2.38. The molecule has 1 aromatic rings. The third-order valence-electron chi connectivity index (χ3n) is 2.38. The quantitative estimate of drug-likeness (QED) is 0.713. The van der Waals surface area contributed by atoms with E-state index in [2.05, 4.69) is 5.32 Å². The average Bonchev–Trinajstić information content (AvgIpc) is 2.65. The van der Waals surface area contributed by atoms with Crippen molar-refractivity contribution in [3.63, 3.8) is 0 Å². The molecule has 0 saturated carbocycles. The lowest BCUT2D eigenvalue weighted by Crippen LogP contribution is -2.46. The molecule has 1 saturated heterocycles. The van der Waals surface area contributed by atoms with Gasteiger partial charge in [0.2, 0.25) is 0 Å². The molecule has 0 radical (unpaired) electrons. The van der Waals surface area contributed by atoms with Crippen molar-refractivity contribution in [1.82, 2.24) is 10.2 Å². The molecule has 0 spiro atoms. The summed E-state index contributed by atoms with van der Waals surface area (Å²) in [6.07, 6.45) is 1.53. The van der Waals surface area contributed by atoms with Gasteiger partial charge < -0.3 is 14.6 Å². The van der Waals surface area contributed by atoms with Gasteiger partial charge in [0.25, 0.3) is 5.91 Å². The second-order valence-corrected chi connectivity index (χ2v) is 3.49. The Morgan fingerprint density at radius 2 is 2.21 bits per heavy atom. The fourth-order valence-corrected chi connectivity index (χ4v) is 1.61. The Balaban J connectivity index is 2.07. The molecule has 1 aliphatic heterocycles. The number of carbonyl (C=O) groups is 1. The molecule has 0 aliphatic carbocycles. The van der Waals surface area contributed by atoms with Crippen LogP contribution >= 0.6 is 0 Å². The van der Waals surface area contributed by atoms with Crippen LogP contribution in [0.5, 0.6) is 0 Å². The van der Waals surface area contributed by atoms with Gasteiger partial charge in [0.15, 0.2) is 0 Å². The van der Waals surface area contributed by atoms with E-state index >= 15 is 0 Å². The van der Waals surface area contributed by atoms with E-state index in [1.54, 1.807) is 6.07 Å². The van der Waals surface area contributed by atoms with E-state index in [1.807, 2.05) is 11.8 Å². The number of nitrogens with zero attached hydrogens (tertiary/aromatic N) is 1. The van der Waals surface area contributed by atoms with Gasteiger partial charge in [0.1, 0.15) is 12.0 Å². The average molecular weight is 194 g/mol. The van der Waals surface area contributed by atoms with Crippen LogP contribution < -0.4 is 5.32 Å². The second kappa shape index (κ2) is 3.84. The topological polar surface area (TPSA) is 45.5 Å². The number of hydrogen-bond donors (Lipinski definition) is 1. The standard InChI is InChI=1S/C10H14N2O2/c1-8-6-9(7-14-8)10(13)12-4-2-11-3-5-12/h6-7,11H,2-5H2,1H3. The van der Waals surface area contributed by atoms with Crippen LogP contribution in [0.1, 0.15) is 16.1 Å². The summed E-state index contributed by atoms with van der Waals surface area (Å²) in [6.45, 7) is 5.16. The first-order chi connectivity index (χ1) is 6.77. The first-order valence-electron chi connectivity index (χ1n) is 4.82. The zero-order valence-corrected chi connectivity index (χ0v) is 8.25. The second-order valence-electron chi connectivity index (χ2n) is 3.49. The van der Waals surface area contributed by atoms with Gasteiger partial charge in [0.05, 0.1) is 5.56 Å². The molecule has 0 unspecified atom stereocenters. The summed E-state index contributed by atoms with van der Waals surface area (Å²) in [7, 11) is 0. The molecule has 4 nitrogen and oxygen atoms in total. The lowest BCUT2D eigenvalue weighted by molar-refractivity contribution is 0.0735. The summed E-state index contributed by atoms with van der Waals surface area (Å²) in [5.74, 6) is 0.854. The first kappa shape index (κ1) is 9.27. The first-order valence-corrected chi connectivity index (χ1v) is 4.82. The van der Waals surface area contributed by atoms with E-state index in [-0.39, 0.29) is 5.91 Å². The highest BCUT2D eigenvalue weighted by molar-refractivity contribution is 5.94. The molecule has 14 heavy (non-hydrogen) atoms. The molecule has 0 bridgehead atoms. The monoisotopic (exact) mass is 194 g/mol. The Hall–Kier alpha value is -1.29. The molecule has 1 aliphatic rings. The van der Waals surface area contributed by atoms with Crippen LogP contribution in [0.3, 0.4) is 0 Å². The predicted octanol–water partition coefficient (Wildman–Crippen LogP) is 0.633. The Morgan fingerprint density at radius 1 is 1.50 bits per heavy atom. The summed E-state index contributed by atoms with van der Waals surface area (Å²) >= 11 is 0. The maximum atomic E-state index is 11.9. The number of aryl methyl sites for hydroxylation is 1. The molecule has 2 heterocycles. The van der Waals surface area contributed by atoms with Crippen molar-refractivity contribution in [3.05, 3.63) is 23.7 Å². The van der Waals surface area contributed by atoms with Gasteiger partial charge in [-0.2, -0.15) is 0 Å². The molecule has 1 fully saturated rings. The fraction of sp³-hybridized carbons (Fsp3) is 0.500. The van der Waals surface area contributed by atoms with Crippen molar-refractivity contribution in [2.45, 2.75) is 6.92 Å². The van der Waals surface area contributed by atoms with Crippen LogP contribution in [0.4, 0.5) is 0 Å². The summed E-state index contributed by atoms with van der Waals surface area (Å²) in [4.78, 5) is 13.7. The number of piperazine rings is 1. The highest BCUT2D eigenvalue weighted by Gasteiger charge is 2.18. The van der Waals surface area contributed by atoms with Crippen LogP contribution in [0.25, 0.3) is 0 Å². The number of rotatable bonds is 1. The largest absolute Gasteiger partial charge is 0.469 e. The lowest BCUT2D eigenvalue weighted by Gasteiger charge is -2.26. The van der Waals surface area contributed by atoms with Gasteiger partial charge >= 0.3 is 0 Å². The van der Waals surface area contributed by atoms with E-state index in [9.17, 15) is 4.79 Å². The van der Waals surface area contributed by atoms with Crippen molar-refractivity contribution < 1.29 is 9.21 Å². The Bertz CT molecular complexity index is 327. The number of furan rings is 1. The van der Waals surface area contributed by atoms with Gasteiger partial charge in [-0.05, 0) is 13.0 Å². The molecule has 2 rings (SSSR count). The minimum Gasteiger partial charge on any atom is -0.469 e. The Morgan fingerprint density at radius 3 is 2.79 bits per heavy atom. The van der Waals surface area contributed by atoms with Crippen LogP contribution in [-0.4, -0.2) is 37.0 Å². The van der Waals surface area contributed by atoms with Crippen LogP contribution in [0.2, 0.25) is 0 Å². The normalized spacial score (nSPS) is 17.1. The Labute approximate surface area is 82.9 Å². The lowest BCUT2D eigenvalue weighted by atomic mass is 10.2. The zero-order valence-electron chi connectivity index (χ0n) is 8.25. The maximum Gasteiger partial charge on any atom is 0.257 e. The van der Waals surface area contributed by atoms with Gasteiger partial charge in [-0.15, -0.1) is 0 Å². The number of nitrogens with one attached hydrogen (secondary N) is 1. The minimum atomic E-state index is 0.0725. The molecular weight excluding hydrogens is 180 g/mol. The molecule has 0 atom stereocenters. The molecule has 1 aromatic heterocycles. The predicted molar refractivity (Wildman–Crippen MR) is 52.2 cm³/mol. The highest BCUT2D eigenvalue weighted by Crippen LogP contribution is 2.09. The molecule has 1 amide bonds. The summed E-state index contributed by atoms with van der Waals surface area (Å²) in [5, 5.41) is 3.21. The van der Waals surface area contributed by atoms with Crippen molar-refractivity contribution in [1.29, 1.82) is 0 Å². The van der Waals surface area contributed by atoms with Crippen LogP contribution in [0, 0.1) is 6.92 Å². The van der Waals surface area contributed by atoms with E-state index in [4.69, 9.17) is 4.42 Å². The van der Waals surface area contributed by atoms with Gasteiger partial charge in [0, 0.05) is 26.2 Å². The maximum absolute atomic E-state index is 11.9. The Kier molecular flexibility index (Phi) is 2.54. The smallest absolute Gasteiger partial charge is 0.257 e. The van der Waals surface area contributed by atoms with Crippen molar-refractivity contribution in [2.75, 3.05) is 26.2 Å². The highest BCUT2D eigenvalue weighted by atomic mass is 16.3. The summed E-state index contributed by atoms with van der Waals surface area (Å²) < 4.78 is 5.11.